The monoisotopic (exact) mass is 505 g/mol. The summed E-state index contributed by atoms with van der Waals surface area (Å²) in [6.07, 6.45) is 0. The third kappa shape index (κ3) is 6.59. The Labute approximate surface area is 220 Å². The van der Waals surface area contributed by atoms with Crippen LogP contribution in [0.2, 0.25) is 0 Å². The lowest BCUT2D eigenvalue weighted by atomic mass is 9.86. The number of ether oxygens (including phenoxy) is 2. The highest BCUT2D eigenvalue weighted by Crippen LogP contribution is 2.29. The zero-order chi connectivity index (χ0) is 27.5. The van der Waals surface area contributed by atoms with Crippen LogP contribution in [-0.4, -0.2) is 33.9 Å². The number of esters is 1. The van der Waals surface area contributed by atoms with E-state index in [0.29, 0.717) is 24.6 Å². The second kappa shape index (κ2) is 10.8. The van der Waals surface area contributed by atoms with Crippen molar-refractivity contribution < 1.29 is 19.1 Å². The molecule has 1 amide bonds. The van der Waals surface area contributed by atoms with Crippen molar-refractivity contribution >= 4 is 11.9 Å². The van der Waals surface area contributed by atoms with E-state index in [2.05, 4.69) is 43.3 Å². The van der Waals surface area contributed by atoms with Gasteiger partial charge >= 0.3 is 5.97 Å². The van der Waals surface area contributed by atoms with Gasteiger partial charge in [0.05, 0.1) is 12.3 Å². The summed E-state index contributed by atoms with van der Waals surface area (Å²) in [5.41, 5.74) is 5.12. The molecule has 1 N–H and O–H groups in total. The van der Waals surface area contributed by atoms with E-state index in [0.717, 1.165) is 27.9 Å². The molecule has 7 nitrogen and oxygen atoms in total. The predicted molar refractivity (Wildman–Crippen MR) is 146 cm³/mol. The number of hydrogen-bond donors (Lipinski definition) is 1. The Kier molecular flexibility index (Phi) is 8.16. The SMILES string of the molecule is CCOC(=O)C(C)(C)Oc1c(C)cc(CNC(=O)c2cc(-c3ccc(C(C)(C)C)cc3)nn2C)cc1C. The fraction of sp³-hybridized carbons (Fsp3) is 0.433. The first-order chi connectivity index (χ1) is 17.2. The third-order valence-corrected chi connectivity index (χ3v) is 6.26. The molecule has 0 atom stereocenters. The van der Waals surface area contributed by atoms with Crippen molar-refractivity contribution in [2.75, 3.05) is 6.61 Å². The van der Waals surface area contributed by atoms with E-state index in [1.807, 2.05) is 44.2 Å². The minimum absolute atomic E-state index is 0.0752. The van der Waals surface area contributed by atoms with Gasteiger partial charge < -0.3 is 14.8 Å². The molecule has 7 heteroatoms. The molecule has 0 spiro atoms. The molecule has 0 saturated carbocycles. The van der Waals surface area contributed by atoms with Gasteiger partial charge in [-0.05, 0) is 68.4 Å². The Morgan fingerprint density at radius 1 is 0.973 bits per heavy atom. The third-order valence-electron chi connectivity index (χ3n) is 6.26. The van der Waals surface area contributed by atoms with E-state index in [4.69, 9.17) is 9.47 Å². The van der Waals surface area contributed by atoms with Crippen LogP contribution in [-0.2, 0) is 28.5 Å². The summed E-state index contributed by atoms with van der Waals surface area (Å²) < 4.78 is 12.8. The highest BCUT2D eigenvalue weighted by Gasteiger charge is 2.32. The van der Waals surface area contributed by atoms with E-state index in [-0.39, 0.29) is 11.3 Å². The first-order valence-electron chi connectivity index (χ1n) is 12.6. The van der Waals surface area contributed by atoms with E-state index < -0.39 is 11.6 Å². The summed E-state index contributed by atoms with van der Waals surface area (Å²) >= 11 is 0. The number of carbonyl (C=O) groups excluding carboxylic acids is 2. The van der Waals surface area contributed by atoms with Crippen LogP contribution in [0.1, 0.15) is 74.3 Å². The quantitative estimate of drug-likeness (QED) is 0.400. The smallest absolute Gasteiger partial charge is 0.349 e. The first kappa shape index (κ1) is 28.0. The molecular weight excluding hydrogens is 466 g/mol. The van der Waals surface area contributed by atoms with Gasteiger partial charge in [0.2, 0.25) is 0 Å². The Morgan fingerprint density at radius 3 is 2.11 bits per heavy atom. The van der Waals surface area contributed by atoms with Crippen LogP contribution in [0.15, 0.2) is 42.5 Å². The average molecular weight is 506 g/mol. The summed E-state index contributed by atoms with van der Waals surface area (Å²) in [5.74, 6) is 0.0272. The van der Waals surface area contributed by atoms with Crippen molar-refractivity contribution in [3.8, 4) is 17.0 Å². The van der Waals surface area contributed by atoms with Gasteiger partial charge in [0, 0.05) is 19.2 Å². The summed E-state index contributed by atoms with van der Waals surface area (Å²) in [6, 6.07) is 14.0. The van der Waals surface area contributed by atoms with Crippen molar-refractivity contribution in [3.05, 3.63) is 70.4 Å². The fourth-order valence-corrected chi connectivity index (χ4v) is 4.14. The molecular formula is C30H39N3O4. The number of rotatable bonds is 8. The molecule has 0 bridgehead atoms. The summed E-state index contributed by atoms with van der Waals surface area (Å²) in [4.78, 5) is 25.2. The van der Waals surface area contributed by atoms with E-state index >= 15 is 0 Å². The molecule has 0 saturated heterocycles. The molecule has 1 aromatic heterocycles. The van der Waals surface area contributed by atoms with E-state index in [1.54, 1.807) is 32.5 Å². The van der Waals surface area contributed by atoms with Gasteiger partial charge in [-0.2, -0.15) is 5.10 Å². The largest absolute Gasteiger partial charge is 0.476 e. The Hall–Kier alpha value is -3.61. The van der Waals surface area contributed by atoms with E-state index in [9.17, 15) is 9.59 Å². The molecule has 0 unspecified atom stereocenters. The number of benzene rings is 2. The number of aryl methyl sites for hydroxylation is 3. The number of nitrogens with one attached hydrogen (secondary N) is 1. The van der Waals surface area contributed by atoms with Crippen LogP contribution < -0.4 is 10.1 Å². The van der Waals surface area contributed by atoms with Crippen molar-refractivity contribution in [1.82, 2.24) is 15.1 Å². The number of nitrogens with zero attached hydrogens (tertiary/aromatic N) is 2. The highest BCUT2D eigenvalue weighted by molar-refractivity contribution is 5.93. The molecule has 37 heavy (non-hydrogen) atoms. The predicted octanol–water partition coefficient (Wildman–Crippen LogP) is 5.65. The van der Waals surface area contributed by atoms with Crippen molar-refractivity contribution in [3.63, 3.8) is 0 Å². The van der Waals surface area contributed by atoms with Crippen LogP contribution in [0.5, 0.6) is 5.75 Å². The average Bonchev–Trinajstić information content (AvgIpc) is 3.21. The second-order valence-corrected chi connectivity index (χ2v) is 10.9. The Balaban J connectivity index is 1.71. The van der Waals surface area contributed by atoms with E-state index in [1.165, 1.54) is 5.56 Å². The maximum atomic E-state index is 13.0. The standard InChI is InChI=1S/C30H39N3O4/c1-10-36-28(35)30(7,8)37-26-19(2)15-21(16-20(26)3)18-31-27(34)25-17-24(32-33(25)9)22-11-13-23(14-12-22)29(4,5)6/h11-17H,10,18H2,1-9H3,(H,31,34). The lowest BCUT2D eigenvalue weighted by molar-refractivity contribution is -0.158. The summed E-state index contributed by atoms with van der Waals surface area (Å²) in [5, 5.41) is 7.54. The molecule has 3 rings (SSSR count). The van der Waals surface area contributed by atoms with Crippen molar-refractivity contribution in [1.29, 1.82) is 0 Å². The molecule has 0 aliphatic rings. The maximum absolute atomic E-state index is 13.0. The van der Waals surface area contributed by atoms with Crippen LogP contribution in [0.25, 0.3) is 11.3 Å². The first-order valence-corrected chi connectivity index (χ1v) is 12.6. The molecule has 1 heterocycles. The molecule has 0 radical (unpaired) electrons. The van der Waals surface area contributed by atoms with Gasteiger partial charge in [-0.1, -0.05) is 57.2 Å². The van der Waals surface area contributed by atoms with Crippen molar-refractivity contribution in [2.45, 2.75) is 73.0 Å². The highest BCUT2D eigenvalue weighted by atomic mass is 16.6. The van der Waals surface area contributed by atoms with Gasteiger partial charge in [-0.3, -0.25) is 9.48 Å². The van der Waals surface area contributed by atoms with Gasteiger partial charge in [-0.15, -0.1) is 0 Å². The molecule has 0 aliphatic carbocycles. The van der Waals surface area contributed by atoms with Gasteiger partial charge in [0.15, 0.2) is 5.60 Å². The normalized spacial score (nSPS) is 11.8. The zero-order valence-corrected chi connectivity index (χ0v) is 23.5. The Bertz CT molecular complexity index is 1260. The fourth-order valence-electron chi connectivity index (χ4n) is 4.14. The maximum Gasteiger partial charge on any atom is 0.349 e. The van der Waals surface area contributed by atoms with Crippen LogP contribution >= 0.6 is 0 Å². The zero-order valence-electron chi connectivity index (χ0n) is 23.5. The lowest BCUT2D eigenvalue weighted by Gasteiger charge is -2.26. The molecule has 0 aliphatic heterocycles. The minimum atomic E-state index is -1.11. The van der Waals surface area contributed by atoms with Crippen LogP contribution in [0.3, 0.4) is 0 Å². The Morgan fingerprint density at radius 2 is 1.57 bits per heavy atom. The number of amides is 1. The van der Waals surface area contributed by atoms with Gasteiger partial charge in [0.1, 0.15) is 11.4 Å². The lowest BCUT2D eigenvalue weighted by Crippen LogP contribution is -2.40. The minimum Gasteiger partial charge on any atom is -0.476 e. The van der Waals surface area contributed by atoms with Gasteiger partial charge in [-0.25, -0.2) is 4.79 Å². The number of aromatic nitrogens is 2. The number of hydrogen-bond acceptors (Lipinski definition) is 5. The number of carbonyl (C=O) groups is 2. The second-order valence-electron chi connectivity index (χ2n) is 10.9. The summed E-state index contributed by atoms with van der Waals surface area (Å²) in [6.45, 7) is 16.2. The van der Waals surface area contributed by atoms with Crippen molar-refractivity contribution in [2.24, 2.45) is 7.05 Å². The molecule has 3 aromatic rings. The van der Waals surface area contributed by atoms with Crippen LogP contribution in [0.4, 0.5) is 0 Å². The molecule has 0 fully saturated rings. The van der Waals surface area contributed by atoms with Gasteiger partial charge in [0.25, 0.3) is 5.91 Å². The summed E-state index contributed by atoms with van der Waals surface area (Å²) in [7, 11) is 1.77. The topological polar surface area (TPSA) is 82.4 Å². The molecule has 198 valence electrons. The molecule has 2 aromatic carbocycles. The van der Waals surface area contributed by atoms with Crippen LogP contribution in [0, 0.1) is 13.8 Å².